The lowest BCUT2D eigenvalue weighted by atomic mass is 10.2. The largest absolute Gasteiger partial charge is 0.354 e. The van der Waals surface area contributed by atoms with Crippen LogP contribution < -0.4 is 16.0 Å². The first-order valence-corrected chi connectivity index (χ1v) is 10.2. The lowest BCUT2D eigenvalue weighted by molar-refractivity contribution is -0.115. The minimum atomic E-state index is -0.0986. The van der Waals surface area contributed by atoms with E-state index < -0.39 is 0 Å². The minimum absolute atomic E-state index is 0.0986. The highest BCUT2D eigenvalue weighted by atomic mass is 32.1. The maximum Gasteiger partial charge on any atom is 0.243 e. The van der Waals surface area contributed by atoms with Gasteiger partial charge >= 0.3 is 0 Å². The number of carbonyl (C=O) groups excluding carboxylic acids is 1. The third-order valence-electron chi connectivity index (χ3n) is 4.61. The Kier molecular flexibility index (Phi) is 7.24. The molecule has 3 rings (SSSR count). The molecule has 27 heavy (non-hydrogen) atoms. The molecule has 7 heteroatoms. The second-order valence-corrected chi connectivity index (χ2v) is 7.47. The van der Waals surface area contributed by atoms with Gasteiger partial charge in [0, 0.05) is 24.2 Å². The van der Waals surface area contributed by atoms with Crippen molar-refractivity contribution in [3.8, 4) is 0 Å². The summed E-state index contributed by atoms with van der Waals surface area (Å²) in [6.07, 6.45) is 2.52. The number of thiophene rings is 1. The van der Waals surface area contributed by atoms with Gasteiger partial charge < -0.3 is 16.0 Å². The average Bonchev–Trinajstić information content (AvgIpc) is 3.40. The first kappa shape index (κ1) is 19.4. The predicted molar refractivity (Wildman–Crippen MR) is 112 cm³/mol. The molecule has 1 amide bonds. The zero-order valence-electron chi connectivity index (χ0n) is 15.6. The third-order valence-corrected chi connectivity index (χ3v) is 5.59. The van der Waals surface area contributed by atoms with Crippen LogP contribution in [0.25, 0.3) is 0 Å². The highest BCUT2D eigenvalue weighted by Crippen LogP contribution is 2.27. The van der Waals surface area contributed by atoms with Crippen LogP contribution in [0.5, 0.6) is 0 Å². The fourth-order valence-electron chi connectivity index (χ4n) is 3.25. The van der Waals surface area contributed by atoms with Crippen molar-refractivity contribution in [2.75, 3.05) is 38.5 Å². The van der Waals surface area contributed by atoms with Crippen LogP contribution in [0.15, 0.2) is 52.8 Å². The smallest absolute Gasteiger partial charge is 0.243 e. The SMILES string of the molecule is CN=C(NCC(=O)Nc1ccccc1)NCC(c1cccs1)N1CCCC1. The van der Waals surface area contributed by atoms with E-state index in [0.29, 0.717) is 12.0 Å². The van der Waals surface area contributed by atoms with Crippen LogP contribution in [0.1, 0.15) is 23.8 Å². The molecule has 1 saturated heterocycles. The number of anilines is 1. The van der Waals surface area contributed by atoms with Crippen LogP contribution in [-0.4, -0.2) is 50.0 Å². The Morgan fingerprint density at radius 3 is 2.59 bits per heavy atom. The zero-order chi connectivity index (χ0) is 18.9. The topological polar surface area (TPSA) is 68.8 Å². The third kappa shape index (κ3) is 5.80. The lowest BCUT2D eigenvalue weighted by Crippen LogP contribution is -2.44. The monoisotopic (exact) mass is 385 g/mol. The Balaban J connectivity index is 1.49. The van der Waals surface area contributed by atoms with Crippen molar-refractivity contribution >= 4 is 28.9 Å². The van der Waals surface area contributed by atoms with E-state index in [2.05, 4.69) is 43.4 Å². The number of nitrogens with one attached hydrogen (secondary N) is 3. The van der Waals surface area contributed by atoms with Crippen LogP contribution in [0, 0.1) is 0 Å². The number of para-hydroxylation sites is 1. The van der Waals surface area contributed by atoms with Crippen LogP contribution >= 0.6 is 11.3 Å². The Labute approximate surface area is 164 Å². The number of rotatable bonds is 7. The molecule has 0 radical (unpaired) electrons. The molecule has 1 unspecified atom stereocenters. The number of guanidine groups is 1. The van der Waals surface area contributed by atoms with Crippen molar-refractivity contribution in [1.29, 1.82) is 0 Å². The van der Waals surface area contributed by atoms with Crippen LogP contribution in [0.3, 0.4) is 0 Å². The summed E-state index contributed by atoms with van der Waals surface area (Å²) >= 11 is 1.79. The fourth-order valence-corrected chi connectivity index (χ4v) is 4.11. The summed E-state index contributed by atoms with van der Waals surface area (Å²) in [6.45, 7) is 3.20. The number of hydrogen-bond acceptors (Lipinski definition) is 4. The summed E-state index contributed by atoms with van der Waals surface area (Å²) in [5, 5.41) is 11.5. The van der Waals surface area contributed by atoms with Gasteiger partial charge in [0.2, 0.25) is 5.91 Å². The maximum atomic E-state index is 12.1. The predicted octanol–water partition coefficient (Wildman–Crippen LogP) is 2.69. The highest BCUT2D eigenvalue weighted by molar-refractivity contribution is 7.10. The van der Waals surface area contributed by atoms with E-state index in [0.717, 1.165) is 25.3 Å². The van der Waals surface area contributed by atoms with Gasteiger partial charge in [0.15, 0.2) is 5.96 Å². The summed E-state index contributed by atoms with van der Waals surface area (Å²) in [5.41, 5.74) is 0.791. The molecule has 3 N–H and O–H groups in total. The van der Waals surface area contributed by atoms with Gasteiger partial charge in [-0.1, -0.05) is 24.3 Å². The molecular formula is C20H27N5OS. The molecule has 2 aromatic rings. The van der Waals surface area contributed by atoms with Gasteiger partial charge in [-0.25, -0.2) is 0 Å². The summed E-state index contributed by atoms with van der Waals surface area (Å²) in [6, 6.07) is 14.1. The molecule has 0 bridgehead atoms. The van der Waals surface area contributed by atoms with Crippen LogP contribution in [0.2, 0.25) is 0 Å². The number of hydrogen-bond donors (Lipinski definition) is 3. The minimum Gasteiger partial charge on any atom is -0.354 e. The van der Waals surface area contributed by atoms with Crippen LogP contribution in [-0.2, 0) is 4.79 Å². The van der Waals surface area contributed by atoms with E-state index >= 15 is 0 Å². The van der Waals surface area contributed by atoms with Crippen molar-refractivity contribution in [1.82, 2.24) is 15.5 Å². The molecule has 1 aliphatic rings. The van der Waals surface area contributed by atoms with E-state index in [4.69, 9.17) is 0 Å². The van der Waals surface area contributed by atoms with Gasteiger partial charge in [0.05, 0.1) is 12.6 Å². The molecule has 144 valence electrons. The lowest BCUT2D eigenvalue weighted by Gasteiger charge is -2.27. The summed E-state index contributed by atoms with van der Waals surface area (Å²) < 4.78 is 0. The van der Waals surface area contributed by atoms with E-state index in [9.17, 15) is 4.79 Å². The summed E-state index contributed by atoms with van der Waals surface area (Å²) in [5.74, 6) is 0.539. The standard InChI is InChI=1S/C20H27N5OS/c1-21-20(23-15-19(26)24-16-8-3-2-4-9-16)22-14-17(18-10-7-13-27-18)25-11-5-6-12-25/h2-4,7-10,13,17H,5-6,11-12,14-15H2,1H3,(H,24,26)(H2,21,22,23). The molecule has 1 aliphatic heterocycles. The van der Waals surface area contributed by atoms with Crippen molar-refractivity contribution in [3.05, 3.63) is 52.7 Å². The molecule has 6 nitrogen and oxygen atoms in total. The van der Waals surface area contributed by atoms with Gasteiger partial charge in [-0.3, -0.25) is 14.7 Å². The van der Waals surface area contributed by atoms with Gasteiger partial charge in [-0.2, -0.15) is 0 Å². The molecule has 0 saturated carbocycles. The van der Waals surface area contributed by atoms with Crippen molar-refractivity contribution in [3.63, 3.8) is 0 Å². The number of amides is 1. The van der Waals surface area contributed by atoms with Gasteiger partial charge in [0.25, 0.3) is 0 Å². The van der Waals surface area contributed by atoms with E-state index in [1.54, 1.807) is 18.4 Å². The van der Waals surface area contributed by atoms with Crippen molar-refractivity contribution in [2.24, 2.45) is 4.99 Å². The first-order valence-electron chi connectivity index (χ1n) is 9.33. The van der Waals surface area contributed by atoms with Gasteiger partial charge in [-0.05, 0) is 49.5 Å². The molecule has 1 aromatic heterocycles. The zero-order valence-corrected chi connectivity index (χ0v) is 16.5. The first-order chi connectivity index (χ1) is 13.3. The number of benzene rings is 1. The number of aliphatic imine (C=N–C) groups is 1. The average molecular weight is 386 g/mol. The van der Waals surface area contributed by atoms with Crippen molar-refractivity contribution in [2.45, 2.75) is 18.9 Å². The number of nitrogens with zero attached hydrogens (tertiary/aromatic N) is 2. The molecule has 1 fully saturated rings. The van der Waals surface area contributed by atoms with E-state index in [1.165, 1.54) is 17.7 Å². The molecular weight excluding hydrogens is 358 g/mol. The molecule has 0 aliphatic carbocycles. The Hall–Kier alpha value is -2.38. The second kappa shape index (κ2) is 10.1. The Morgan fingerprint density at radius 2 is 1.93 bits per heavy atom. The summed E-state index contributed by atoms with van der Waals surface area (Å²) in [4.78, 5) is 20.2. The molecule has 2 heterocycles. The molecule has 0 spiro atoms. The molecule has 1 atom stereocenters. The normalized spacial score (nSPS) is 16.1. The fraction of sp³-hybridized carbons (Fsp3) is 0.400. The Morgan fingerprint density at radius 1 is 1.15 bits per heavy atom. The number of likely N-dealkylation sites (tertiary alicyclic amines) is 1. The Bertz CT molecular complexity index is 726. The van der Waals surface area contributed by atoms with Gasteiger partial charge in [0.1, 0.15) is 0 Å². The molecule has 1 aromatic carbocycles. The van der Waals surface area contributed by atoms with Crippen molar-refractivity contribution < 1.29 is 4.79 Å². The van der Waals surface area contributed by atoms with E-state index in [1.807, 2.05) is 30.3 Å². The highest BCUT2D eigenvalue weighted by Gasteiger charge is 2.24. The van der Waals surface area contributed by atoms with E-state index in [-0.39, 0.29) is 12.5 Å². The second-order valence-electron chi connectivity index (χ2n) is 6.50. The van der Waals surface area contributed by atoms with Gasteiger partial charge in [-0.15, -0.1) is 11.3 Å². The van der Waals surface area contributed by atoms with Crippen LogP contribution in [0.4, 0.5) is 5.69 Å². The quantitative estimate of drug-likeness (QED) is 0.506. The summed E-state index contributed by atoms with van der Waals surface area (Å²) in [7, 11) is 1.72. The number of carbonyl (C=O) groups is 1. The maximum absolute atomic E-state index is 12.1.